The Labute approximate surface area is 176 Å². The molecular weight excluding hydrogens is 384 g/mol. The molecule has 2 aromatic rings. The minimum atomic E-state index is -0.579. The van der Waals surface area contributed by atoms with Crippen LogP contribution in [0.1, 0.15) is 43.1 Å². The van der Waals surface area contributed by atoms with Crippen LogP contribution in [0, 0.1) is 0 Å². The van der Waals surface area contributed by atoms with E-state index in [1.165, 1.54) is 4.90 Å². The zero-order valence-corrected chi connectivity index (χ0v) is 17.4. The van der Waals surface area contributed by atoms with E-state index in [2.05, 4.69) is 5.32 Å². The number of para-hydroxylation sites is 2. The molecule has 0 unspecified atom stereocenters. The van der Waals surface area contributed by atoms with Crippen molar-refractivity contribution >= 4 is 29.2 Å². The smallest absolute Gasteiger partial charge is 0.338 e. The lowest BCUT2D eigenvalue weighted by molar-refractivity contribution is -0.122. The minimum Gasteiger partial charge on any atom is -0.452 e. The van der Waals surface area contributed by atoms with Gasteiger partial charge in [0.15, 0.2) is 6.61 Å². The summed E-state index contributed by atoms with van der Waals surface area (Å²) in [6.07, 6.45) is 0.284. The van der Waals surface area contributed by atoms with Gasteiger partial charge in [0.2, 0.25) is 5.91 Å². The van der Waals surface area contributed by atoms with E-state index >= 15 is 0 Å². The summed E-state index contributed by atoms with van der Waals surface area (Å²) in [6, 6.07) is 13.6. The van der Waals surface area contributed by atoms with E-state index in [9.17, 15) is 14.4 Å². The maximum Gasteiger partial charge on any atom is 0.338 e. The molecule has 0 aromatic heterocycles. The molecule has 2 amide bonds. The van der Waals surface area contributed by atoms with Crippen LogP contribution in [0.25, 0.3) is 0 Å². The van der Waals surface area contributed by atoms with E-state index in [-0.39, 0.29) is 30.4 Å². The number of anilines is 2. The standard InChI is InChI=1S/C23H26N2O5/c1-15(2)29-13-17-8-10-18(11-9-17)23(28)30-14-22(27)25-16(3)12-21(26)24-19-6-4-5-7-20(19)25/h4-11,15-16H,12-14H2,1-3H3,(H,24,26)/t16-/m0/s1. The Kier molecular flexibility index (Phi) is 6.84. The number of amides is 2. The molecule has 0 bridgehead atoms. The number of rotatable bonds is 6. The number of hydrogen-bond acceptors (Lipinski definition) is 5. The number of carbonyl (C=O) groups excluding carboxylic acids is 3. The van der Waals surface area contributed by atoms with Gasteiger partial charge in [-0.15, -0.1) is 0 Å². The quantitative estimate of drug-likeness (QED) is 0.737. The first-order valence-corrected chi connectivity index (χ1v) is 9.93. The first kappa shape index (κ1) is 21.5. The Bertz CT molecular complexity index is 923. The van der Waals surface area contributed by atoms with Crippen molar-refractivity contribution in [2.75, 3.05) is 16.8 Å². The number of esters is 1. The first-order valence-electron chi connectivity index (χ1n) is 9.93. The van der Waals surface area contributed by atoms with Crippen LogP contribution in [0.4, 0.5) is 11.4 Å². The van der Waals surface area contributed by atoms with Gasteiger partial charge in [-0.1, -0.05) is 24.3 Å². The van der Waals surface area contributed by atoms with Gasteiger partial charge < -0.3 is 19.7 Å². The third kappa shape index (κ3) is 5.24. The number of benzene rings is 2. The predicted octanol–water partition coefficient (Wildman–Crippen LogP) is 3.53. The molecule has 7 heteroatoms. The molecule has 30 heavy (non-hydrogen) atoms. The Hall–Kier alpha value is -3.19. The third-order valence-corrected chi connectivity index (χ3v) is 4.73. The van der Waals surface area contributed by atoms with E-state index in [1.807, 2.05) is 13.8 Å². The summed E-state index contributed by atoms with van der Waals surface area (Å²) in [5.74, 6) is -1.13. The molecule has 7 nitrogen and oxygen atoms in total. The average Bonchev–Trinajstić information content (AvgIpc) is 2.84. The molecule has 0 radical (unpaired) electrons. The molecule has 0 saturated heterocycles. The molecule has 158 valence electrons. The fourth-order valence-electron chi connectivity index (χ4n) is 3.25. The highest BCUT2D eigenvalue weighted by Gasteiger charge is 2.30. The lowest BCUT2D eigenvalue weighted by Crippen LogP contribution is -2.41. The van der Waals surface area contributed by atoms with E-state index in [0.717, 1.165) is 5.56 Å². The van der Waals surface area contributed by atoms with Crippen molar-refractivity contribution < 1.29 is 23.9 Å². The lowest BCUT2D eigenvalue weighted by Gasteiger charge is -2.27. The van der Waals surface area contributed by atoms with Crippen LogP contribution in [-0.2, 0) is 25.7 Å². The molecule has 1 aliphatic rings. The third-order valence-electron chi connectivity index (χ3n) is 4.73. The van der Waals surface area contributed by atoms with E-state index in [4.69, 9.17) is 9.47 Å². The van der Waals surface area contributed by atoms with Crippen LogP contribution in [0.2, 0.25) is 0 Å². The molecule has 1 heterocycles. The summed E-state index contributed by atoms with van der Waals surface area (Å²) < 4.78 is 10.8. The monoisotopic (exact) mass is 410 g/mol. The van der Waals surface area contributed by atoms with Crippen molar-refractivity contribution in [2.24, 2.45) is 0 Å². The second kappa shape index (κ2) is 9.54. The van der Waals surface area contributed by atoms with Gasteiger partial charge in [0.05, 0.1) is 29.6 Å². The van der Waals surface area contributed by atoms with Crippen molar-refractivity contribution in [3.8, 4) is 0 Å². The summed E-state index contributed by atoms with van der Waals surface area (Å²) >= 11 is 0. The molecule has 0 saturated carbocycles. The van der Waals surface area contributed by atoms with E-state index in [1.54, 1.807) is 55.5 Å². The zero-order chi connectivity index (χ0) is 21.7. The molecule has 0 fully saturated rings. The van der Waals surface area contributed by atoms with Gasteiger partial charge in [-0.25, -0.2) is 4.79 Å². The number of ether oxygens (including phenoxy) is 2. The van der Waals surface area contributed by atoms with Gasteiger partial charge in [0.25, 0.3) is 5.91 Å². The van der Waals surface area contributed by atoms with Gasteiger partial charge in [-0.05, 0) is 50.6 Å². The lowest BCUT2D eigenvalue weighted by atomic mass is 10.1. The summed E-state index contributed by atoms with van der Waals surface area (Å²) in [7, 11) is 0. The normalized spacial score (nSPS) is 15.9. The average molecular weight is 410 g/mol. The van der Waals surface area contributed by atoms with Crippen molar-refractivity contribution in [2.45, 2.75) is 45.9 Å². The van der Waals surface area contributed by atoms with Crippen LogP contribution < -0.4 is 10.2 Å². The molecular formula is C23H26N2O5. The maximum atomic E-state index is 12.9. The van der Waals surface area contributed by atoms with Crippen molar-refractivity contribution in [3.05, 3.63) is 59.7 Å². The fraction of sp³-hybridized carbons (Fsp3) is 0.348. The van der Waals surface area contributed by atoms with Crippen LogP contribution in [0.5, 0.6) is 0 Å². The van der Waals surface area contributed by atoms with E-state index < -0.39 is 12.6 Å². The molecule has 1 N–H and O–H groups in total. The summed E-state index contributed by atoms with van der Waals surface area (Å²) in [5.41, 5.74) is 2.46. The summed E-state index contributed by atoms with van der Waals surface area (Å²) in [5, 5.41) is 2.80. The van der Waals surface area contributed by atoms with Crippen LogP contribution in [0.3, 0.4) is 0 Å². The van der Waals surface area contributed by atoms with Gasteiger partial charge in [0, 0.05) is 12.5 Å². The number of nitrogens with zero attached hydrogens (tertiary/aromatic N) is 1. The van der Waals surface area contributed by atoms with Crippen molar-refractivity contribution in [1.29, 1.82) is 0 Å². The van der Waals surface area contributed by atoms with Gasteiger partial charge in [-0.2, -0.15) is 0 Å². The van der Waals surface area contributed by atoms with E-state index in [0.29, 0.717) is 23.5 Å². The topological polar surface area (TPSA) is 84.9 Å². The van der Waals surface area contributed by atoms with Crippen LogP contribution >= 0.6 is 0 Å². The maximum absolute atomic E-state index is 12.9. The Morgan fingerprint density at radius 1 is 1.13 bits per heavy atom. The molecule has 1 aliphatic heterocycles. The highest BCUT2D eigenvalue weighted by molar-refractivity contribution is 6.05. The molecule has 3 rings (SSSR count). The Balaban J connectivity index is 1.65. The summed E-state index contributed by atoms with van der Waals surface area (Å²) in [6.45, 7) is 5.75. The molecule has 0 spiro atoms. The molecule has 0 aliphatic carbocycles. The first-order chi connectivity index (χ1) is 14.3. The number of carbonyl (C=O) groups is 3. The highest BCUT2D eigenvalue weighted by atomic mass is 16.5. The zero-order valence-electron chi connectivity index (χ0n) is 17.4. The SMILES string of the molecule is CC(C)OCc1ccc(C(=O)OCC(=O)N2c3ccccc3NC(=O)C[C@@H]2C)cc1. The van der Waals surface area contributed by atoms with Crippen molar-refractivity contribution in [1.82, 2.24) is 0 Å². The second-order valence-electron chi connectivity index (χ2n) is 7.52. The number of fused-ring (bicyclic) bond motifs is 1. The van der Waals surface area contributed by atoms with Gasteiger partial charge >= 0.3 is 5.97 Å². The second-order valence-corrected chi connectivity index (χ2v) is 7.52. The molecule has 2 aromatic carbocycles. The van der Waals surface area contributed by atoms with Crippen LogP contribution in [0.15, 0.2) is 48.5 Å². The Morgan fingerprint density at radius 3 is 2.53 bits per heavy atom. The number of hydrogen-bond donors (Lipinski definition) is 1. The Morgan fingerprint density at radius 2 is 1.83 bits per heavy atom. The fourth-order valence-corrected chi connectivity index (χ4v) is 3.25. The van der Waals surface area contributed by atoms with Crippen molar-refractivity contribution in [3.63, 3.8) is 0 Å². The molecule has 1 atom stereocenters. The predicted molar refractivity (Wildman–Crippen MR) is 113 cm³/mol. The number of nitrogens with one attached hydrogen (secondary N) is 1. The van der Waals surface area contributed by atoms with Gasteiger partial charge in [-0.3, -0.25) is 9.59 Å². The van der Waals surface area contributed by atoms with Crippen LogP contribution in [-0.4, -0.2) is 36.5 Å². The largest absolute Gasteiger partial charge is 0.452 e. The summed E-state index contributed by atoms with van der Waals surface area (Å²) in [4.78, 5) is 38.8. The van der Waals surface area contributed by atoms with Gasteiger partial charge in [0.1, 0.15) is 0 Å². The minimum absolute atomic E-state index is 0.123. The highest BCUT2D eigenvalue weighted by Crippen LogP contribution is 2.31.